The molecular weight excluding hydrogens is 274 g/mol. The first-order valence-electron chi connectivity index (χ1n) is 6.93. The van der Waals surface area contributed by atoms with Crippen molar-refractivity contribution in [3.63, 3.8) is 0 Å². The highest BCUT2D eigenvalue weighted by Crippen LogP contribution is 2.32. The number of sulfonamides is 1. The van der Waals surface area contributed by atoms with Gasteiger partial charge in [-0.25, -0.2) is 8.42 Å². The highest BCUT2D eigenvalue weighted by Gasteiger charge is 2.34. The van der Waals surface area contributed by atoms with Crippen LogP contribution in [0.15, 0.2) is 4.90 Å². The fraction of sp³-hybridized carbons (Fsp3) is 0.600. The molecule has 0 radical (unpaired) electrons. The quantitative estimate of drug-likeness (QED) is 0.908. The van der Waals surface area contributed by atoms with Gasteiger partial charge in [0.15, 0.2) is 0 Å². The fourth-order valence-electron chi connectivity index (χ4n) is 2.91. The summed E-state index contributed by atoms with van der Waals surface area (Å²) in [4.78, 5) is 0.423. The highest BCUT2D eigenvalue weighted by molar-refractivity contribution is 7.89. The van der Waals surface area contributed by atoms with Crippen LogP contribution in [0, 0.1) is 34.6 Å². The molecule has 1 atom stereocenters. The first-order chi connectivity index (χ1) is 9.17. The van der Waals surface area contributed by atoms with E-state index in [2.05, 4.69) is 0 Å². The number of hydrogen-bond donors (Lipinski definition) is 1. The molecule has 1 aromatic rings. The van der Waals surface area contributed by atoms with Crippen molar-refractivity contribution < 1.29 is 13.5 Å². The second-order valence-corrected chi connectivity index (χ2v) is 7.63. The average molecular weight is 297 g/mol. The standard InChI is InChI=1S/C15H23NO3S/c1-9-10(2)12(4)15(13(5)11(9)3)20(18,19)16-7-6-14(17)8-16/h14,17H,6-8H2,1-5H3. The van der Waals surface area contributed by atoms with E-state index >= 15 is 0 Å². The Hall–Kier alpha value is -0.910. The third kappa shape index (κ3) is 2.28. The van der Waals surface area contributed by atoms with Crippen LogP contribution in [0.5, 0.6) is 0 Å². The molecule has 112 valence electrons. The third-order valence-electron chi connectivity index (χ3n) is 4.66. The van der Waals surface area contributed by atoms with Gasteiger partial charge in [-0.15, -0.1) is 0 Å². The maximum atomic E-state index is 12.9. The van der Waals surface area contributed by atoms with Crippen molar-refractivity contribution in [3.8, 4) is 0 Å². The van der Waals surface area contributed by atoms with E-state index in [-0.39, 0.29) is 6.54 Å². The van der Waals surface area contributed by atoms with Crippen LogP contribution in [0.1, 0.15) is 34.2 Å². The molecule has 5 heteroatoms. The topological polar surface area (TPSA) is 57.6 Å². The molecule has 20 heavy (non-hydrogen) atoms. The lowest BCUT2D eigenvalue weighted by molar-refractivity contribution is 0.189. The van der Waals surface area contributed by atoms with Crippen LogP contribution >= 0.6 is 0 Å². The molecule has 0 spiro atoms. The Morgan fingerprint density at radius 3 is 1.80 bits per heavy atom. The summed E-state index contributed by atoms with van der Waals surface area (Å²) in [5, 5.41) is 9.60. The largest absolute Gasteiger partial charge is 0.392 e. The van der Waals surface area contributed by atoms with E-state index in [4.69, 9.17) is 0 Å². The first-order valence-corrected chi connectivity index (χ1v) is 8.37. The molecule has 1 aromatic carbocycles. The van der Waals surface area contributed by atoms with Crippen molar-refractivity contribution in [1.82, 2.24) is 4.31 Å². The lowest BCUT2D eigenvalue weighted by Gasteiger charge is -2.23. The molecule has 1 unspecified atom stereocenters. The molecule has 0 bridgehead atoms. The van der Waals surface area contributed by atoms with E-state index in [9.17, 15) is 13.5 Å². The Morgan fingerprint density at radius 1 is 0.950 bits per heavy atom. The van der Waals surface area contributed by atoms with Crippen molar-refractivity contribution in [2.45, 2.75) is 52.0 Å². The molecule has 1 N–H and O–H groups in total. The van der Waals surface area contributed by atoms with Gasteiger partial charge < -0.3 is 5.11 Å². The summed E-state index contributed by atoms with van der Waals surface area (Å²) in [6.45, 7) is 10.3. The Morgan fingerprint density at radius 2 is 1.40 bits per heavy atom. The minimum Gasteiger partial charge on any atom is -0.392 e. The lowest BCUT2D eigenvalue weighted by Crippen LogP contribution is -2.31. The van der Waals surface area contributed by atoms with Gasteiger partial charge >= 0.3 is 0 Å². The van der Waals surface area contributed by atoms with Crippen LogP contribution in [-0.2, 0) is 10.0 Å². The average Bonchev–Trinajstić information content (AvgIpc) is 2.81. The van der Waals surface area contributed by atoms with Crippen LogP contribution < -0.4 is 0 Å². The van der Waals surface area contributed by atoms with E-state index in [1.165, 1.54) is 4.31 Å². The smallest absolute Gasteiger partial charge is 0.243 e. The van der Waals surface area contributed by atoms with E-state index in [0.29, 0.717) is 17.9 Å². The zero-order valence-corrected chi connectivity index (χ0v) is 13.6. The van der Waals surface area contributed by atoms with Gasteiger partial charge in [0.25, 0.3) is 0 Å². The number of nitrogens with zero attached hydrogens (tertiary/aromatic N) is 1. The Labute approximate surface area is 121 Å². The monoisotopic (exact) mass is 297 g/mol. The van der Waals surface area contributed by atoms with Gasteiger partial charge in [0.2, 0.25) is 10.0 Å². The first kappa shape index (κ1) is 15.5. The van der Waals surface area contributed by atoms with Gasteiger partial charge in [0.1, 0.15) is 0 Å². The Kier molecular flexibility index (Phi) is 3.97. The third-order valence-corrected chi connectivity index (χ3v) is 6.79. The van der Waals surface area contributed by atoms with Crippen molar-refractivity contribution in [2.24, 2.45) is 0 Å². The zero-order chi connectivity index (χ0) is 15.2. The van der Waals surface area contributed by atoms with Crippen LogP contribution in [-0.4, -0.2) is 37.0 Å². The van der Waals surface area contributed by atoms with Gasteiger partial charge in [0.05, 0.1) is 11.0 Å². The molecule has 0 amide bonds. The molecule has 1 saturated heterocycles. The van der Waals surface area contributed by atoms with E-state index in [1.54, 1.807) is 0 Å². The van der Waals surface area contributed by atoms with Crippen molar-refractivity contribution in [1.29, 1.82) is 0 Å². The molecule has 4 nitrogen and oxygen atoms in total. The van der Waals surface area contributed by atoms with Crippen LogP contribution in [0.4, 0.5) is 0 Å². The zero-order valence-electron chi connectivity index (χ0n) is 12.8. The van der Waals surface area contributed by atoms with Crippen LogP contribution in [0.25, 0.3) is 0 Å². The summed E-state index contributed by atoms with van der Waals surface area (Å²) in [5.41, 5.74) is 4.87. The van der Waals surface area contributed by atoms with Gasteiger partial charge in [-0.3, -0.25) is 0 Å². The van der Waals surface area contributed by atoms with Gasteiger partial charge in [-0.1, -0.05) is 0 Å². The number of aliphatic hydroxyl groups excluding tert-OH is 1. The van der Waals surface area contributed by atoms with Crippen LogP contribution in [0.2, 0.25) is 0 Å². The molecule has 1 aliphatic heterocycles. The molecule has 1 heterocycles. The number of rotatable bonds is 2. The second-order valence-electron chi connectivity index (χ2n) is 5.76. The second kappa shape index (κ2) is 5.13. The van der Waals surface area contributed by atoms with Crippen molar-refractivity contribution in [2.75, 3.05) is 13.1 Å². The predicted octanol–water partition coefficient (Wildman–Crippen LogP) is 1.98. The minimum atomic E-state index is -3.52. The molecular formula is C15H23NO3S. The fourth-order valence-corrected chi connectivity index (χ4v) is 4.96. The van der Waals surface area contributed by atoms with E-state index in [0.717, 1.165) is 27.8 Å². The predicted molar refractivity (Wildman–Crippen MR) is 79.5 cm³/mol. The van der Waals surface area contributed by atoms with Gasteiger partial charge in [0, 0.05) is 13.1 Å². The number of benzene rings is 1. The number of hydrogen-bond acceptors (Lipinski definition) is 3. The lowest BCUT2D eigenvalue weighted by atomic mass is 9.95. The molecule has 0 aromatic heterocycles. The Balaban J connectivity index is 2.64. The molecule has 1 aliphatic rings. The summed E-state index contributed by atoms with van der Waals surface area (Å²) in [7, 11) is -3.52. The van der Waals surface area contributed by atoms with Crippen LogP contribution in [0.3, 0.4) is 0 Å². The number of aliphatic hydroxyl groups is 1. The summed E-state index contributed by atoms with van der Waals surface area (Å²) in [5.74, 6) is 0. The summed E-state index contributed by atoms with van der Waals surface area (Å²) in [6.07, 6.45) is -0.0285. The van der Waals surface area contributed by atoms with Crippen molar-refractivity contribution in [3.05, 3.63) is 27.8 Å². The molecule has 2 rings (SSSR count). The maximum Gasteiger partial charge on any atom is 0.243 e. The molecule has 0 saturated carbocycles. The number of β-amino-alcohol motifs (C(OH)–C–C–N with tert-alkyl or cyclic N) is 1. The van der Waals surface area contributed by atoms with E-state index < -0.39 is 16.1 Å². The van der Waals surface area contributed by atoms with E-state index in [1.807, 2.05) is 34.6 Å². The van der Waals surface area contributed by atoms with Gasteiger partial charge in [-0.2, -0.15) is 4.31 Å². The SMILES string of the molecule is Cc1c(C)c(C)c(S(=O)(=O)N2CCC(O)C2)c(C)c1C. The maximum absolute atomic E-state index is 12.9. The summed E-state index contributed by atoms with van der Waals surface area (Å²) >= 11 is 0. The van der Waals surface area contributed by atoms with Gasteiger partial charge in [-0.05, 0) is 68.9 Å². The van der Waals surface area contributed by atoms with Crippen molar-refractivity contribution >= 4 is 10.0 Å². The normalized spacial score (nSPS) is 20.6. The Bertz CT molecular complexity index is 621. The minimum absolute atomic E-state index is 0.202. The summed E-state index contributed by atoms with van der Waals surface area (Å²) < 4.78 is 27.1. The summed E-state index contributed by atoms with van der Waals surface area (Å²) in [6, 6.07) is 0. The molecule has 1 fully saturated rings. The molecule has 0 aliphatic carbocycles. The highest BCUT2D eigenvalue weighted by atomic mass is 32.2.